The zero-order chi connectivity index (χ0) is 17.6. The third-order valence-corrected chi connectivity index (χ3v) is 5.05. The Labute approximate surface area is 150 Å². The maximum Gasteiger partial charge on any atom is 0.253 e. The lowest BCUT2D eigenvalue weighted by Crippen LogP contribution is -2.39. The molecular formula is C21H27N3O. The quantitative estimate of drug-likeness (QED) is 0.882. The Morgan fingerprint density at radius 3 is 2.72 bits per heavy atom. The van der Waals surface area contributed by atoms with Crippen molar-refractivity contribution in [1.29, 1.82) is 0 Å². The first-order chi connectivity index (χ1) is 12.2. The van der Waals surface area contributed by atoms with E-state index in [4.69, 9.17) is 0 Å². The van der Waals surface area contributed by atoms with Crippen LogP contribution in [0.5, 0.6) is 0 Å². The highest BCUT2D eigenvalue weighted by atomic mass is 16.1. The molecule has 2 aromatic rings. The minimum atomic E-state index is -0.0823. The average molecular weight is 337 g/mol. The van der Waals surface area contributed by atoms with Gasteiger partial charge >= 0.3 is 0 Å². The second-order valence-corrected chi connectivity index (χ2v) is 6.76. The van der Waals surface area contributed by atoms with Crippen molar-refractivity contribution in [2.24, 2.45) is 0 Å². The lowest BCUT2D eigenvalue weighted by Gasteiger charge is -2.36. The molecule has 132 valence electrons. The first-order valence-electron chi connectivity index (χ1n) is 9.27. The number of benzene rings is 1. The fourth-order valence-electron chi connectivity index (χ4n) is 3.52. The van der Waals surface area contributed by atoms with E-state index in [1.165, 1.54) is 19.3 Å². The van der Waals surface area contributed by atoms with Gasteiger partial charge in [-0.25, -0.2) is 4.98 Å². The van der Waals surface area contributed by atoms with Gasteiger partial charge in [-0.1, -0.05) is 37.3 Å². The molecular weight excluding hydrogens is 310 g/mol. The minimum absolute atomic E-state index is 0.0278. The van der Waals surface area contributed by atoms with Crippen LogP contribution in [-0.4, -0.2) is 23.5 Å². The average Bonchev–Trinajstić information content (AvgIpc) is 2.68. The molecule has 4 nitrogen and oxygen atoms in total. The van der Waals surface area contributed by atoms with Crippen molar-refractivity contribution >= 4 is 11.7 Å². The normalized spacial score (nSPS) is 18.6. The van der Waals surface area contributed by atoms with E-state index in [9.17, 15) is 4.79 Å². The predicted molar refractivity (Wildman–Crippen MR) is 102 cm³/mol. The maximum absolute atomic E-state index is 12.5. The number of nitrogens with zero attached hydrogens (tertiary/aromatic N) is 2. The van der Waals surface area contributed by atoms with Gasteiger partial charge in [0.15, 0.2) is 0 Å². The molecule has 0 saturated carbocycles. The lowest BCUT2D eigenvalue weighted by atomic mass is 10.00. The van der Waals surface area contributed by atoms with Crippen LogP contribution in [0.15, 0.2) is 48.7 Å². The van der Waals surface area contributed by atoms with Crippen molar-refractivity contribution in [1.82, 2.24) is 10.3 Å². The number of carbonyl (C=O) groups excluding carboxylic acids is 1. The molecule has 0 bridgehead atoms. The number of piperidine rings is 1. The first-order valence-corrected chi connectivity index (χ1v) is 9.27. The maximum atomic E-state index is 12.5. The zero-order valence-electron chi connectivity index (χ0n) is 15.1. The number of amides is 1. The number of aromatic nitrogens is 1. The van der Waals surface area contributed by atoms with Crippen molar-refractivity contribution in [3.05, 3.63) is 59.8 Å². The van der Waals surface area contributed by atoms with Crippen LogP contribution in [0.2, 0.25) is 0 Å². The summed E-state index contributed by atoms with van der Waals surface area (Å²) in [7, 11) is 0. The summed E-state index contributed by atoms with van der Waals surface area (Å²) in [4.78, 5) is 19.4. The van der Waals surface area contributed by atoms with E-state index in [0.29, 0.717) is 11.6 Å². The van der Waals surface area contributed by atoms with Gasteiger partial charge in [0.2, 0.25) is 0 Å². The fraction of sp³-hybridized carbons (Fsp3) is 0.429. The van der Waals surface area contributed by atoms with E-state index >= 15 is 0 Å². The molecule has 1 aliphatic heterocycles. The monoisotopic (exact) mass is 337 g/mol. The highest BCUT2D eigenvalue weighted by Gasteiger charge is 2.22. The molecule has 2 atom stereocenters. The Bertz CT molecular complexity index is 684. The molecule has 1 aromatic heterocycles. The summed E-state index contributed by atoms with van der Waals surface area (Å²) in [6.07, 6.45) is 6.58. The van der Waals surface area contributed by atoms with Crippen LogP contribution in [0, 0.1) is 0 Å². The van der Waals surface area contributed by atoms with Gasteiger partial charge in [0.25, 0.3) is 5.91 Å². The number of rotatable bonds is 5. The highest BCUT2D eigenvalue weighted by Crippen LogP contribution is 2.25. The smallest absolute Gasteiger partial charge is 0.253 e. The van der Waals surface area contributed by atoms with E-state index in [1.54, 1.807) is 6.20 Å². The Balaban J connectivity index is 1.66. The van der Waals surface area contributed by atoms with E-state index < -0.39 is 0 Å². The minimum Gasteiger partial charge on any atom is -0.354 e. The Morgan fingerprint density at radius 1 is 1.24 bits per heavy atom. The van der Waals surface area contributed by atoms with Gasteiger partial charge in [-0.3, -0.25) is 4.79 Å². The van der Waals surface area contributed by atoms with Gasteiger partial charge in [0.1, 0.15) is 5.82 Å². The molecule has 4 heteroatoms. The number of hydrogen-bond donors (Lipinski definition) is 1. The van der Waals surface area contributed by atoms with E-state index in [2.05, 4.69) is 22.1 Å². The van der Waals surface area contributed by atoms with Crippen LogP contribution in [-0.2, 0) is 0 Å². The summed E-state index contributed by atoms with van der Waals surface area (Å²) >= 11 is 0. The summed E-state index contributed by atoms with van der Waals surface area (Å²) in [5.74, 6) is 0.903. The van der Waals surface area contributed by atoms with Crippen molar-refractivity contribution in [2.45, 2.75) is 51.6 Å². The third-order valence-electron chi connectivity index (χ3n) is 5.05. The largest absolute Gasteiger partial charge is 0.354 e. The molecule has 1 N–H and O–H groups in total. The van der Waals surface area contributed by atoms with E-state index in [0.717, 1.165) is 24.3 Å². The summed E-state index contributed by atoms with van der Waals surface area (Å²) < 4.78 is 0. The summed E-state index contributed by atoms with van der Waals surface area (Å²) in [5.41, 5.74) is 1.70. The molecule has 25 heavy (non-hydrogen) atoms. The predicted octanol–water partition coefficient (Wildman–Crippen LogP) is 4.34. The Kier molecular flexibility index (Phi) is 5.69. The van der Waals surface area contributed by atoms with Gasteiger partial charge < -0.3 is 10.2 Å². The number of carbonyl (C=O) groups is 1. The second kappa shape index (κ2) is 8.15. The van der Waals surface area contributed by atoms with Crippen LogP contribution in [0.3, 0.4) is 0 Å². The number of anilines is 1. The molecule has 3 rings (SSSR count). The van der Waals surface area contributed by atoms with E-state index in [-0.39, 0.29) is 11.9 Å². The SMILES string of the molecule is CCC1CCCCN1c1ccc(C(=O)NC(C)c2ccccc2)cn1. The van der Waals surface area contributed by atoms with Gasteiger partial charge in [0, 0.05) is 18.8 Å². The third kappa shape index (κ3) is 4.19. The second-order valence-electron chi connectivity index (χ2n) is 6.76. The van der Waals surface area contributed by atoms with E-state index in [1.807, 2.05) is 49.4 Å². The first kappa shape index (κ1) is 17.5. The van der Waals surface area contributed by atoms with Crippen LogP contribution < -0.4 is 10.2 Å². The molecule has 1 fully saturated rings. The Hall–Kier alpha value is -2.36. The topological polar surface area (TPSA) is 45.2 Å². The summed E-state index contributed by atoms with van der Waals surface area (Å²) in [5, 5.41) is 3.04. The molecule has 0 aliphatic carbocycles. The number of nitrogens with one attached hydrogen (secondary N) is 1. The molecule has 1 aliphatic rings. The Morgan fingerprint density at radius 2 is 2.04 bits per heavy atom. The molecule has 2 unspecified atom stereocenters. The number of pyridine rings is 1. The van der Waals surface area contributed by atoms with Gasteiger partial charge in [0.05, 0.1) is 11.6 Å². The van der Waals surface area contributed by atoms with Gasteiger partial charge in [-0.15, -0.1) is 0 Å². The van der Waals surface area contributed by atoms with Crippen molar-refractivity contribution in [2.75, 3.05) is 11.4 Å². The summed E-state index contributed by atoms with van der Waals surface area (Å²) in [6.45, 7) is 5.28. The molecule has 1 aromatic carbocycles. The van der Waals surface area contributed by atoms with Crippen LogP contribution in [0.1, 0.15) is 61.5 Å². The van der Waals surface area contributed by atoms with Crippen LogP contribution >= 0.6 is 0 Å². The van der Waals surface area contributed by atoms with Gasteiger partial charge in [-0.2, -0.15) is 0 Å². The standard InChI is InChI=1S/C21H27N3O/c1-3-19-11-7-8-14-24(19)20-13-12-18(15-22-20)21(25)23-16(2)17-9-5-4-6-10-17/h4-6,9-10,12-13,15-16,19H,3,7-8,11,14H2,1-2H3,(H,23,25). The molecule has 1 amide bonds. The molecule has 1 saturated heterocycles. The number of hydrogen-bond acceptors (Lipinski definition) is 3. The van der Waals surface area contributed by atoms with Gasteiger partial charge in [-0.05, 0) is 50.3 Å². The molecule has 0 radical (unpaired) electrons. The molecule has 0 spiro atoms. The van der Waals surface area contributed by atoms with Crippen molar-refractivity contribution < 1.29 is 4.79 Å². The molecule has 2 heterocycles. The van der Waals surface area contributed by atoms with Crippen molar-refractivity contribution in [3.63, 3.8) is 0 Å². The fourth-order valence-corrected chi connectivity index (χ4v) is 3.52. The zero-order valence-corrected chi connectivity index (χ0v) is 15.1. The van der Waals surface area contributed by atoms with Crippen molar-refractivity contribution in [3.8, 4) is 0 Å². The van der Waals surface area contributed by atoms with Crippen LogP contribution in [0.4, 0.5) is 5.82 Å². The highest BCUT2D eigenvalue weighted by molar-refractivity contribution is 5.94. The lowest BCUT2D eigenvalue weighted by molar-refractivity contribution is 0.0939. The van der Waals surface area contributed by atoms with Crippen LogP contribution in [0.25, 0.3) is 0 Å². The summed E-state index contributed by atoms with van der Waals surface area (Å²) in [6, 6.07) is 14.4.